The number of carbonyl (C=O) groups excluding carboxylic acids is 3. The molecule has 0 spiro atoms. The van der Waals surface area contributed by atoms with Crippen LogP contribution in [0.15, 0.2) is 70.7 Å². The predicted molar refractivity (Wildman–Crippen MR) is 116 cm³/mol. The van der Waals surface area contributed by atoms with Crippen LogP contribution >= 0.6 is 0 Å². The second kappa shape index (κ2) is 8.58. The smallest absolute Gasteiger partial charge is 0.335 e. The summed E-state index contributed by atoms with van der Waals surface area (Å²) < 4.78 is 10.6. The van der Waals surface area contributed by atoms with Gasteiger partial charge in [-0.05, 0) is 24.3 Å². The highest BCUT2D eigenvalue weighted by Gasteiger charge is 2.39. The van der Waals surface area contributed by atoms with Crippen molar-refractivity contribution in [2.24, 2.45) is 0 Å². The first-order valence-corrected chi connectivity index (χ1v) is 9.93. The number of furan rings is 1. The van der Waals surface area contributed by atoms with Crippen LogP contribution < -0.4 is 0 Å². The maximum absolute atomic E-state index is 12.9. The Morgan fingerprint density at radius 2 is 1.61 bits per heavy atom. The normalized spacial score (nSPS) is 14.1. The molecule has 0 saturated heterocycles. The molecule has 1 unspecified atom stereocenters. The van der Waals surface area contributed by atoms with Crippen LogP contribution in [-0.4, -0.2) is 40.8 Å². The average Bonchev–Trinajstić information content (AvgIpc) is 3.32. The molecule has 0 amide bonds. The summed E-state index contributed by atoms with van der Waals surface area (Å²) in [4.78, 5) is 48.8. The van der Waals surface area contributed by atoms with E-state index in [0.29, 0.717) is 11.3 Å². The second-order valence-corrected chi connectivity index (χ2v) is 7.38. The lowest BCUT2D eigenvalue weighted by atomic mass is 9.80. The van der Waals surface area contributed by atoms with Gasteiger partial charge in [-0.1, -0.05) is 36.4 Å². The molecule has 1 aromatic heterocycles. The third kappa shape index (κ3) is 3.94. The van der Waals surface area contributed by atoms with Crippen molar-refractivity contribution in [2.75, 3.05) is 7.11 Å². The maximum atomic E-state index is 12.9. The van der Waals surface area contributed by atoms with E-state index >= 15 is 0 Å². The van der Waals surface area contributed by atoms with Crippen molar-refractivity contribution in [3.05, 3.63) is 88.7 Å². The number of ketones is 2. The van der Waals surface area contributed by atoms with Gasteiger partial charge in [0.1, 0.15) is 17.3 Å². The fourth-order valence-corrected chi connectivity index (χ4v) is 3.78. The molecule has 0 aliphatic heterocycles. The van der Waals surface area contributed by atoms with Crippen molar-refractivity contribution in [1.82, 2.24) is 0 Å². The lowest BCUT2D eigenvalue weighted by Gasteiger charge is -2.23. The Morgan fingerprint density at radius 3 is 2.24 bits per heavy atom. The number of allylic oxidation sites excluding steroid dienone is 1. The van der Waals surface area contributed by atoms with E-state index in [0.717, 1.165) is 0 Å². The number of ether oxygens (including phenoxy) is 1. The number of carboxylic acid groups (broad SMARTS) is 1. The molecular formula is C25H18O8. The molecule has 0 bridgehead atoms. The number of Topliss-reactive ketones (excluding diaryl/α,β-unsaturated/α-hetero) is 2. The maximum Gasteiger partial charge on any atom is 0.335 e. The number of aliphatic hydroxyl groups is 1. The van der Waals surface area contributed by atoms with Gasteiger partial charge >= 0.3 is 11.9 Å². The van der Waals surface area contributed by atoms with E-state index in [9.17, 15) is 24.3 Å². The van der Waals surface area contributed by atoms with Gasteiger partial charge in [-0.2, -0.15) is 0 Å². The molecule has 166 valence electrons. The van der Waals surface area contributed by atoms with Crippen molar-refractivity contribution in [3.8, 4) is 11.3 Å². The number of aromatic carboxylic acids is 1. The quantitative estimate of drug-likeness (QED) is 0.429. The first-order valence-electron chi connectivity index (χ1n) is 9.93. The largest absolute Gasteiger partial charge is 0.507 e. The van der Waals surface area contributed by atoms with Crippen molar-refractivity contribution < 1.29 is 38.5 Å². The SMILES string of the molecule is COC(=O)CC(C1=C(O)c2ccccc2C(=O)C1=O)c1ccc(-c2ccc(C(=O)O)cc2)o1. The van der Waals surface area contributed by atoms with Crippen molar-refractivity contribution in [2.45, 2.75) is 12.3 Å². The minimum absolute atomic E-state index is 0.0826. The summed E-state index contributed by atoms with van der Waals surface area (Å²) in [6.45, 7) is 0. The third-order valence-electron chi connectivity index (χ3n) is 5.47. The van der Waals surface area contributed by atoms with Crippen molar-refractivity contribution in [1.29, 1.82) is 0 Å². The fraction of sp³-hybridized carbons (Fsp3) is 0.120. The Labute approximate surface area is 187 Å². The lowest BCUT2D eigenvalue weighted by molar-refractivity contribution is -0.141. The topological polar surface area (TPSA) is 131 Å². The summed E-state index contributed by atoms with van der Waals surface area (Å²) in [6.07, 6.45) is -0.345. The van der Waals surface area contributed by atoms with E-state index in [1.165, 1.54) is 37.4 Å². The van der Waals surface area contributed by atoms with Gasteiger partial charge in [-0.3, -0.25) is 14.4 Å². The zero-order valence-corrected chi connectivity index (χ0v) is 17.4. The Hall–Kier alpha value is -4.46. The second-order valence-electron chi connectivity index (χ2n) is 7.38. The Bertz CT molecular complexity index is 1310. The molecule has 1 heterocycles. The van der Waals surface area contributed by atoms with Gasteiger partial charge < -0.3 is 19.4 Å². The highest BCUT2D eigenvalue weighted by Crippen LogP contribution is 2.39. The number of rotatable bonds is 6. The molecule has 1 aliphatic rings. The summed E-state index contributed by atoms with van der Waals surface area (Å²) >= 11 is 0. The van der Waals surface area contributed by atoms with E-state index in [-0.39, 0.29) is 34.4 Å². The third-order valence-corrected chi connectivity index (χ3v) is 5.47. The first-order chi connectivity index (χ1) is 15.8. The van der Waals surface area contributed by atoms with Crippen LogP contribution in [0.4, 0.5) is 0 Å². The average molecular weight is 446 g/mol. The Kier molecular flexibility index (Phi) is 5.66. The first kappa shape index (κ1) is 21.8. The summed E-state index contributed by atoms with van der Waals surface area (Å²) in [5.41, 5.74) is 0.709. The predicted octanol–water partition coefficient (Wildman–Crippen LogP) is 4.03. The van der Waals surface area contributed by atoms with Crippen LogP contribution in [-0.2, 0) is 14.3 Å². The molecule has 2 aromatic carbocycles. The molecule has 3 aromatic rings. The van der Waals surface area contributed by atoms with Gasteiger partial charge in [0.05, 0.1) is 30.6 Å². The Balaban J connectivity index is 1.80. The van der Waals surface area contributed by atoms with E-state index < -0.39 is 35.2 Å². The van der Waals surface area contributed by atoms with Crippen LogP contribution in [0.25, 0.3) is 17.1 Å². The molecule has 33 heavy (non-hydrogen) atoms. The Morgan fingerprint density at radius 1 is 0.939 bits per heavy atom. The number of hydrogen-bond donors (Lipinski definition) is 2. The molecular weight excluding hydrogens is 428 g/mol. The van der Waals surface area contributed by atoms with Crippen molar-refractivity contribution in [3.63, 3.8) is 0 Å². The van der Waals surface area contributed by atoms with Crippen LogP contribution in [0.5, 0.6) is 0 Å². The monoisotopic (exact) mass is 446 g/mol. The van der Waals surface area contributed by atoms with Crippen LogP contribution in [0.1, 0.15) is 44.4 Å². The molecule has 8 heteroatoms. The van der Waals surface area contributed by atoms with Gasteiger partial charge in [0, 0.05) is 16.7 Å². The van der Waals surface area contributed by atoms with Crippen LogP contribution in [0.2, 0.25) is 0 Å². The van der Waals surface area contributed by atoms with E-state index in [1.54, 1.807) is 30.3 Å². The molecule has 2 N–H and O–H groups in total. The summed E-state index contributed by atoms with van der Waals surface area (Å²) in [5, 5.41) is 20.0. The summed E-state index contributed by atoms with van der Waals surface area (Å²) in [6, 6.07) is 15.3. The zero-order valence-electron chi connectivity index (χ0n) is 17.4. The van der Waals surface area contributed by atoms with Crippen molar-refractivity contribution >= 4 is 29.3 Å². The van der Waals surface area contributed by atoms with E-state index in [2.05, 4.69) is 0 Å². The highest BCUT2D eigenvalue weighted by atomic mass is 16.5. The molecule has 8 nitrogen and oxygen atoms in total. The number of aliphatic hydroxyl groups excluding tert-OH is 1. The van der Waals surface area contributed by atoms with E-state index in [4.69, 9.17) is 14.3 Å². The molecule has 4 rings (SSSR count). The van der Waals surface area contributed by atoms with Gasteiger partial charge in [0.2, 0.25) is 11.6 Å². The number of benzene rings is 2. The molecule has 0 fully saturated rings. The number of carbonyl (C=O) groups is 4. The molecule has 1 atom stereocenters. The highest BCUT2D eigenvalue weighted by molar-refractivity contribution is 6.52. The molecule has 0 saturated carbocycles. The summed E-state index contributed by atoms with van der Waals surface area (Å²) in [7, 11) is 1.19. The molecule has 0 radical (unpaired) electrons. The minimum atomic E-state index is -1.07. The van der Waals surface area contributed by atoms with Crippen LogP contribution in [0.3, 0.4) is 0 Å². The van der Waals surface area contributed by atoms with Crippen LogP contribution in [0, 0.1) is 0 Å². The standard InChI is InChI=1S/C25H18O8/c1-32-20(26)12-17(21-22(27)15-4-2-3-5-16(15)23(28)24(21)29)19-11-10-18(33-19)13-6-8-14(9-7-13)25(30)31/h2-11,17,27H,12H2,1H3,(H,30,31). The number of hydrogen-bond acceptors (Lipinski definition) is 7. The number of methoxy groups -OCH3 is 1. The van der Waals surface area contributed by atoms with Gasteiger partial charge in [0.25, 0.3) is 0 Å². The number of fused-ring (bicyclic) bond motifs is 1. The van der Waals surface area contributed by atoms with Gasteiger partial charge in [0.15, 0.2) is 0 Å². The summed E-state index contributed by atoms with van der Waals surface area (Å²) in [5.74, 6) is -4.40. The van der Waals surface area contributed by atoms with E-state index in [1.807, 2.05) is 0 Å². The lowest BCUT2D eigenvalue weighted by Crippen LogP contribution is -2.28. The molecule has 1 aliphatic carbocycles. The fourth-order valence-electron chi connectivity index (χ4n) is 3.78. The number of esters is 1. The van der Waals surface area contributed by atoms with Gasteiger partial charge in [-0.25, -0.2) is 4.79 Å². The number of carboxylic acids is 1. The minimum Gasteiger partial charge on any atom is -0.507 e. The zero-order chi connectivity index (χ0) is 23.7. The van der Waals surface area contributed by atoms with Gasteiger partial charge in [-0.15, -0.1) is 0 Å².